The number of rotatable bonds is 7. The molecule has 0 aromatic heterocycles. The van der Waals surface area contributed by atoms with E-state index in [4.69, 9.17) is 13.8 Å². The van der Waals surface area contributed by atoms with Crippen molar-refractivity contribution in [2.45, 2.75) is 51.2 Å². The Morgan fingerprint density at radius 1 is 1.21 bits per heavy atom. The smallest absolute Gasteiger partial charge is 0.351 e. The van der Waals surface area contributed by atoms with Crippen molar-refractivity contribution in [1.82, 2.24) is 9.91 Å². The molecule has 1 saturated carbocycles. The van der Waals surface area contributed by atoms with Crippen LogP contribution in [0.2, 0.25) is 0 Å². The number of ether oxygens (including phenoxy) is 1. The van der Waals surface area contributed by atoms with E-state index >= 15 is 0 Å². The van der Waals surface area contributed by atoms with Gasteiger partial charge in [-0.3, -0.25) is 9.46 Å². The molecule has 2 unspecified atom stereocenters. The molecule has 1 aliphatic carbocycles. The SMILES string of the molecule is CCOP(=O)(CN1N=NC2CCCCC21N1CCOCC1)OCC. The lowest BCUT2D eigenvalue weighted by Crippen LogP contribution is -2.66. The molecule has 2 aliphatic heterocycles. The van der Waals surface area contributed by atoms with Gasteiger partial charge in [-0.2, -0.15) is 5.11 Å². The number of fused-ring (bicyclic) bond motifs is 1. The summed E-state index contributed by atoms with van der Waals surface area (Å²) in [5, 5.41) is 10.8. The molecule has 0 radical (unpaired) electrons. The second kappa shape index (κ2) is 7.79. The van der Waals surface area contributed by atoms with Gasteiger partial charge in [0.05, 0.1) is 26.4 Å². The van der Waals surface area contributed by atoms with Crippen LogP contribution >= 0.6 is 7.60 Å². The van der Waals surface area contributed by atoms with Crippen molar-refractivity contribution in [3.05, 3.63) is 0 Å². The van der Waals surface area contributed by atoms with Gasteiger partial charge in [0.25, 0.3) is 0 Å². The summed E-state index contributed by atoms with van der Waals surface area (Å²) in [6.45, 7) is 7.52. The van der Waals surface area contributed by atoms with Crippen LogP contribution in [0.5, 0.6) is 0 Å². The highest BCUT2D eigenvalue weighted by Gasteiger charge is 2.55. The molecule has 0 bridgehead atoms. The number of nitrogens with zero attached hydrogens (tertiary/aromatic N) is 4. The maximum Gasteiger partial charge on any atom is 0.351 e. The summed E-state index contributed by atoms with van der Waals surface area (Å²) in [6, 6.07) is 0.126. The minimum absolute atomic E-state index is 0.126. The van der Waals surface area contributed by atoms with E-state index in [1.54, 1.807) is 0 Å². The number of morpholine rings is 1. The summed E-state index contributed by atoms with van der Waals surface area (Å²) >= 11 is 0. The van der Waals surface area contributed by atoms with E-state index < -0.39 is 7.60 Å². The number of hydrogen-bond acceptors (Lipinski definition) is 8. The van der Waals surface area contributed by atoms with Crippen molar-refractivity contribution < 1.29 is 18.3 Å². The lowest BCUT2D eigenvalue weighted by Gasteiger charge is -2.51. The average molecular weight is 360 g/mol. The quantitative estimate of drug-likeness (QED) is 0.650. The second-order valence-electron chi connectivity index (χ2n) is 6.43. The van der Waals surface area contributed by atoms with Crippen LogP contribution in [-0.4, -0.2) is 67.4 Å². The zero-order valence-corrected chi connectivity index (χ0v) is 15.6. The first-order valence-corrected chi connectivity index (χ1v) is 10.8. The van der Waals surface area contributed by atoms with E-state index in [0.29, 0.717) is 13.2 Å². The molecule has 2 fully saturated rings. The first kappa shape index (κ1) is 18.3. The van der Waals surface area contributed by atoms with E-state index in [0.717, 1.165) is 52.0 Å². The van der Waals surface area contributed by atoms with Gasteiger partial charge in [-0.25, -0.2) is 5.01 Å². The minimum Gasteiger partial charge on any atom is -0.379 e. The van der Waals surface area contributed by atoms with Crippen molar-refractivity contribution in [2.24, 2.45) is 10.3 Å². The third kappa shape index (κ3) is 3.40. The van der Waals surface area contributed by atoms with Crippen molar-refractivity contribution in [1.29, 1.82) is 0 Å². The summed E-state index contributed by atoms with van der Waals surface area (Å²) < 4.78 is 29.5. The van der Waals surface area contributed by atoms with Crippen LogP contribution in [0, 0.1) is 0 Å². The van der Waals surface area contributed by atoms with Gasteiger partial charge in [0, 0.05) is 13.1 Å². The van der Waals surface area contributed by atoms with Gasteiger partial charge in [0.2, 0.25) is 0 Å². The summed E-state index contributed by atoms with van der Waals surface area (Å²) in [5.74, 6) is 0. The molecule has 0 spiro atoms. The molecule has 0 amide bonds. The summed E-state index contributed by atoms with van der Waals surface area (Å²) in [5.41, 5.74) is -0.300. The Bertz CT molecular complexity index is 490. The van der Waals surface area contributed by atoms with Gasteiger partial charge in [0.15, 0.2) is 0 Å². The summed E-state index contributed by atoms with van der Waals surface area (Å²) in [6.07, 6.45) is 4.45. The molecular formula is C15H29N4O4P. The van der Waals surface area contributed by atoms with Gasteiger partial charge in [-0.05, 0) is 33.1 Å². The molecule has 3 rings (SSSR count). The van der Waals surface area contributed by atoms with Gasteiger partial charge < -0.3 is 13.8 Å². The first-order valence-electron chi connectivity index (χ1n) is 9.04. The first-order chi connectivity index (χ1) is 11.6. The van der Waals surface area contributed by atoms with Crippen LogP contribution in [0.15, 0.2) is 10.3 Å². The molecule has 24 heavy (non-hydrogen) atoms. The molecule has 2 atom stereocenters. The fourth-order valence-electron chi connectivity index (χ4n) is 4.08. The summed E-state index contributed by atoms with van der Waals surface area (Å²) in [4.78, 5) is 2.42. The molecular weight excluding hydrogens is 331 g/mol. The van der Waals surface area contributed by atoms with Crippen LogP contribution in [0.25, 0.3) is 0 Å². The number of hydrogen-bond donors (Lipinski definition) is 0. The highest BCUT2D eigenvalue weighted by atomic mass is 31.2. The Morgan fingerprint density at radius 3 is 2.58 bits per heavy atom. The summed E-state index contributed by atoms with van der Waals surface area (Å²) in [7, 11) is -3.21. The van der Waals surface area contributed by atoms with E-state index in [1.165, 1.54) is 0 Å². The zero-order valence-electron chi connectivity index (χ0n) is 14.7. The minimum atomic E-state index is -3.21. The predicted molar refractivity (Wildman–Crippen MR) is 89.8 cm³/mol. The molecule has 2 heterocycles. The third-order valence-electron chi connectivity index (χ3n) is 5.07. The van der Waals surface area contributed by atoms with Crippen LogP contribution < -0.4 is 0 Å². The highest BCUT2D eigenvalue weighted by molar-refractivity contribution is 7.53. The second-order valence-corrected chi connectivity index (χ2v) is 8.45. The predicted octanol–water partition coefficient (Wildman–Crippen LogP) is 2.86. The van der Waals surface area contributed by atoms with Crippen molar-refractivity contribution in [3.63, 3.8) is 0 Å². The Balaban J connectivity index is 1.84. The van der Waals surface area contributed by atoms with Crippen LogP contribution in [0.1, 0.15) is 39.5 Å². The van der Waals surface area contributed by atoms with Crippen molar-refractivity contribution in [3.8, 4) is 0 Å². The van der Waals surface area contributed by atoms with E-state index in [1.807, 2.05) is 18.9 Å². The van der Waals surface area contributed by atoms with E-state index in [9.17, 15) is 4.57 Å². The average Bonchev–Trinajstić information content (AvgIpc) is 2.95. The fourth-order valence-corrected chi connectivity index (χ4v) is 5.74. The van der Waals surface area contributed by atoms with E-state index in [2.05, 4.69) is 15.2 Å². The monoisotopic (exact) mass is 360 g/mol. The molecule has 1 saturated heterocycles. The standard InChI is InChI=1S/C15H29N4O4P/c1-3-22-24(20,23-4-2)13-19-15(18-9-11-21-12-10-18)8-6-5-7-14(15)16-17-19/h14H,3-13H2,1-2H3. The molecule has 0 N–H and O–H groups in total. The maximum atomic E-state index is 13.0. The molecule has 0 aromatic carbocycles. The Labute approximate surface area is 144 Å². The largest absolute Gasteiger partial charge is 0.379 e. The molecule has 0 aromatic rings. The Morgan fingerprint density at radius 2 is 1.92 bits per heavy atom. The van der Waals surface area contributed by atoms with Crippen LogP contribution in [0.3, 0.4) is 0 Å². The van der Waals surface area contributed by atoms with Crippen LogP contribution in [0.4, 0.5) is 0 Å². The Hall–Kier alpha value is -0.530. The fraction of sp³-hybridized carbons (Fsp3) is 1.00. The normalized spacial score (nSPS) is 31.4. The lowest BCUT2D eigenvalue weighted by atomic mass is 9.83. The van der Waals surface area contributed by atoms with Gasteiger partial charge in [0.1, 0.15) is 18.0 Å². The topological polar surface area (TPSA) is 76.0 Å². The van der Waals surface area contributed by atoms with Crippen LogP contribution in [-0.2, 0) is 18.3 Å². The molecule has 8 nitrogen and oxygen atoms in total. The van der Waals surface area contributed by atoms with Gasteiger partial charge in [-0.1, -0.05) is 11.6 Å². The molecule has 3 aliphatic rings. The van der Waals surface area contributed by atoms with E-state index in [-0.39, 0.29) is 18.0 Å². The van der Waals surface area contributed by atoms with Gasteiger partial charge in [-0.15, -0.1) is 0 Å². The van der Waals surface area contributed by atoms with Crippen molar-refractivity contribution >= 4 is 7.60 Å². The maximum absolute atomic E-state index is 13.0. The third-order valence-corrected chi connectivity index (χ3v) is 6.99. The lowest BCUT2D eigenvalue weighted by molar-refractivity contribution is -0.107. The van der Waals surface area contributed by atoms with Crippen molar-refractivity contribution in [2.75, 3.05) is 45.8 Å². The molecule has 9 heteroatoms. The highest BCUT2D eigenvalue weighted by Crippen LogP contribution is 2.53. The molecule has 138 valence electrons. The zero-order chi connectivity index (χ0) is 17.0. The Kier molecular flexibility index (Phi) is 5.93. The van der Waals surface area contributed by atoms with Gasteiger partial charge >= 0.3 is 7.60 Å².